The van der Waals surface area contributed by atoms with Gasteiger partial charge in [0.25, 0.3) is 0 Å². The maximum absolute atomic E-state index is 11.7. The van der Waals surface area contributed by atoms with Gasteiger partial charge in [-0.2, -0.15) is 0 Å². The van der Waals surface area contributed by atoms with Crippen LogP contribution < -0.4 is 0 Å². The maximum atomic E-state index is 11.7. The Hall–Kier alpha value is -2.10. The van der Waals surface area contributed by atoms with Gasteiger partial charge in [-0.25, -0.2) is 4.79 Å². The number of carboxylic acids is 1. The monoisotopic (exact) mass is 273 g/mol. The zero-order valence-corrected chi connectivity index (χ0v) is 11.4. The number of hydrogen-bond donors (Lipinski definition) is 1. The quantitative estimate of drug-likeness (QED) is 0.855. The fourth-order valence-corrected chi connectivity index (χ4v) is 2.55. The molecule has 1 aliphatic heterocycles. The summed E-state index contributed by atoms with van der Waals surface area (Å²) in [4.78, 5) is 23.9. The number of carbonyl (C=O) groups excluding carboxylic acids is 1. The van der Waals surface area contributed by atoms with Gasteiger partial charge in [0.1, 0.15) is 0 Å². The molecule has 4 heteroatoms. The van der Waals surface area contributed by atoms with E-state index in [1.54, 1.807) is 4.90 Å². The van der Waals surface area contributed by atoms with Gasteiger partial charge >= 0.3 is 5.97 Å². The predicted molar refractivity (Wildman–Crippen MR) is 76.2 cm³/mol. The van der Waals surface area contributed by atoms with E-state index in [1.807, 2.05) is 18.2 Å². The second-order valence-electron chi connectivity index (χ2n) is 5.13. The molecule has 1 heterocycles. The third-order valence-corrected chi connectivity index (χ3v) is 3.66. The van der Waals surface area contributed by atoms with Gasteiger partial charge in [0.05, 0.1) is 0 Å². The Morgan fingerprint density at radius 1 is 1.15 bits per heavy atom. The third kappa shape index (κ3) is 4.23. The summed E-state index contributed by atoms with van der Waals surface area (Å²) < 4.78 is 0. The minimum absolute atomic E-state index is 0.203. The van der Waals surface area contributed by atoms with E-state index in [4.69, 9.17) is 5.11 Å². The number of hydrogen-bond acceptors (Lipinski definition) is 2. The fourth-order valence-electron chi connectivity index (χ4n) is 2.55. The number of rotatable bonds is 4. The summed E-state index contributed by atoms with van der Waals surface area (Å²) in [5.41, 5.74) is 1.34. The first-order chi connectivity index (χ1) is 9.65. The molecule has 1 aromatic rings. The number of piperidine rings is 1. The summed E-state index contributed by atoms with van der Waals surface area (Å²) in [5, 5.41) is 8.51. The predicted octanol–water partition coefficient (Wildman–Crippen LogP) is 2.11. The van der Waals surface area contributed by atoms with E-state index in [-0.39, 0.29) is 5.91 Å². The summed E-state index contributed by atoms with van der Waals surface area (Å²) in [6, 6.07) is 10.4. The van der Waals surface area contributed by atoms with Crippen LogP contribution in [-0.4, -0.2) is 35.0 Å². The van der Waals surface area contributed by atoms with E-state index in [0.717, 1.165) is 31.4 Å². The van der Waals surface area contributed by atoms with E-state index >= 15 is 0 Å². The van der Waals surface area contributed by atoms with Gasteiger partial charge in [-0.1, -0.05) is 30.3 Å². The van der Waals surface area contributed by atoms with Gasteiger partial charge in [0, 0.05) is 25.2 Å². The average Bonchev–Trinajstić information content (AvgIpc) is 2.46. The first kappa shape index (κ1) is 14.3. The molecule has 106 valence electrons. The van der Waals surface area contributed by atoms with E-state index in [0.29, 0.717) is 19.0 Å². The van der Waals surface area contributed by atoms with Crippen LogP contribution in [-0.2, 0) is 16.0 Å². The molecule has 1 fully saturated rings. The van der Waals surface area contributed by atoms with Gasteiger partial charge in [0.15, 0.2) is 0 Å². The van der Waals surface area contributed by atoms with Crippen LogP contribution in [0.4, 0.5) is 0 Å². The number of benzene rings is 1. The number of carboxylic acid groups (broad SMARTS) is 1. The Bertz CT molecular complexity index is 488. The zero-order chi connectivity index (χ0) is 14.4. The summed E-state index contributed by atoms with van der Waals surface area (Å²) in [5.74, 6) is -0.687. The number of carbonyl (C=O) groups is 2. The van der Waals surface area contributed by atoms with Crippen molar-refractivity contribution < 1.29 is 14.7 Å². The molecule has 0 bridgehead atoms. The molecule has 1 aliphatic rings. The van der Waals surface area contributed by atoms with Crippen molar-refractivity contribution in [1.29, 1.82) is 0 Å². The van der Waals surface area contributed by atoms with Crippen LogP contribution >= 0.6 is 0 Å². The number of nitrogens with zero attached hydrogens (tertiary/aromatic N) is 1. The SMILES string of the molecule is O=C(O)C=CC(=O)N1CCC(Cc2ccccc2)CC1. The normalized spacial score (nSPS) is 16.5. The van der Waals surface area contributed by atoms with Crippen LogP contribution in [0.25, 0.3) is 0 Å². The topological polar surface area (TPSA) is 57.6 Å². The van der Waals surface area contributed by atoms with E-state index in [1.165, 1.54) is 5.56 Å². The molecule has 4 nitrogen and oxygen atoms in total. The molecule has 1 aromatic carbocycles. The van der Waals surface area contributed by atoms with Crippen LogP contribution in [0, 0.1) is 5.92 Å². The molecular weight excluding hydrogens is 254 g/mol. The average molecular weight is 273 g/mol. The molecule has 0 spiro atoms. The Morgan fingerprint density at radius 3 is 2.40 bits per heavy atom. The Kier molecular flexibility index (Phi) is 4.93. The van der Waals surface area contributed by atoms with Crippen molar-refractivity contribution in [3.05, 3.63) is 48.0 Å². The fraction of sp³-hybridized carbons (Fsp3) is 0.375. The second kappa shape index (κ2) is 6.89. The molecule has 0 saturated carbocycles. The third-order valence-electron chi connectivity index (χ3n) is 3.66. The Balaban J connectivity index is 1.80. The van der Waals surface area contributed by atoms with E-state index < -0.39 is 5.97 Å². The van der Waals surface area contributed by atoms with Crippen LogP contribution in [0.5, 0.6) is 0 Å². The van der Waals surface area contributed by atoms with Crippen LogP contribution in [0.15, 0.2) is 42.5 Å². The lowest BCUT2D eigenvalue weighted by molar-refractivity contribution is -0.132. The van der Waals surface area contributed by atoms with E-state index in [2.05, 4.69) is 12.1 Å². The van der Waals surface area contributed by atoms with Gasteiger partial charge in [-0.05, 0) is 30.7 Å². The van der Waals surface area contributed by atoms with Crippen LogP contribution in [0.1, 0.15) is 18.4 Å². The molecule has 0 atom stereocenters. The smallest absolute Gasteiger partial charge is 0.328 e. The van der Waals surface area contributed by atoms with Crippen LogP contribution in [0.2, 0.25) is 0 Å². The highest BCUT2D eigenvalue weighted by Gasteiger charge is 2.21. The second-order valence-corrected chi connectivity index (χ2v) is 5.13. The van der Waals surface area contributed by atoms with E-state index in [9.17, 15) is 9.59 Å². The van der Waals surface area contributed by atoms with Crippen LogP contribution in [0.3, 0.4) is 0 Å². The molecule has 1 saturated heterocycles. The van der Waals surface area contributed by atoms with Crippen molar-refractivity contribution in [2.75, 3.05) is 13.1 Å². The maximum Gasteiger partial charge on any atom is 0.328 e. The van der Waals surface area contributed by atoms with Gasteiger partial charge in [-0.15, -0.1) is 0 Å². The minimum atomic E-state index is -1.09. The lowest BCUT2D eigenvalue weighted by Crippen LogP contribution is -2.38. The Morgan fingerprint density at radius 2 is 1.80 bits per heavy atom. The highest BCUT2D eigenvalue weighted by atomic mass is 16.4. The van der Waals surface area contributed by atoms with Crippen molar-refractivity contribution in [3.63, 3.8) is 0 Å². The summed E-state index contributed by atoms with van der Waals surface area (Å²) >= 11 is 0. The first-order valence-electron chi connectivity index (χ1n) is 6.89. The van der Waals surface area contributed by atoms with Crippen molar-refractivity contribution in [2.24, 2.45) is 5.92 Å². The number of aliphatic carboxylic acids is 1. The number of amides is 1. The van der Waals surface area contributed by atoms with Crippen molar-refractivity contribution in [1.82, 2.24) is 4.90 Å². The Labute approximate surface area is 118 Å². The zero-order valence-electron chi connectivity index (χ0n) is 11.4. The lowest BCUT2D eigenvalue weighted by Gasteiger charge is -2.31. The molecule has 1 N–H and O–H groups in total. The van der Waals surface area contributed by atoms with Crippen molar-refractivity contribution >= 4 is 11.9 Å². The molecule has 0 unspecified atom stereocenters. The highest BCUT2D eigenvalue weighted by molar-refractivity contribution is 5.93. The molecule has 2 rings (SSSR count). The molecule has 0 aliphatic carbocycles. The highest BCUT2D eigenvalue weighted by Crippen LogP contribution is 2.21. The van der Waals surface area contributed by atoms with Crippen molar-refractivity contribution in [3.8, 4) is 0 Å². The van der Waals surface area contributed by atoms with Gasteiger partial charge < -0.3 is 10.0 Å². The molecule has 0 aromatic heterocycles. The molecule has 20 heavy (non-hydrogen) atoms. The van der Waals surface area contributed by atoms with Gasteiger partial charge in [0.2, 0.25) is 5.91 Å². The largest absolute Gasteiger partial charge is 0.478 e. The molecular formula is C16H19NO3. The summed E-state index contributed by atoms with van der Waals surface area (Å²) in [6.07, 6.45) is 5.04. The molecule has 1 amide bonds. The summed E-state index contributed by atoms with van der Waals surface area (Å²) in [6.45, 7) is 1.42. The van der Waals surface area contributed by atoms with Crippen molar-refractivity contribution in [2.45, 2.75) is 19.3 Å². The number of likely N-dealkylation sites (tertiary alicyclic amines) is 1. The lowest BCUT2D eigenvalue weighted by atomic mass is 9.90. The standard InChI is InChI=1S/C16H19NO3/c18-15(6-7-16(19)20)17-10-8-14(9-11-17)12-13-4-2-1-3-5-13/h1-7,14H,8-12H2,(H,19,20). The first-order valence-corrected chi connectivity index (χ1v) is 6.89. The molecule has 0 radical (unpaired) electrons. The minimum Gasteiger partial charge on any atom is -0.478 e. The van der Waals surface area contributed by atoms with Gasteiger partial charge in [-0.3, -0.25) is 4.79 Å². The summed E-state index contributed by atoms with van der Waals surface area (Å²) in [7, 11) is 0.